The van der Waals surface area contributed by atoms with Gasteiger partial charge >= 0.3 is 0 Å². The van der Waals surface area contributed by atoms with E-state index < -0.39 is 23.6 Å². The van der Waals surface area contributed by atoms with E-state index >= 15 is 0 Å². The Balaban J connectivity index is 1.16. The number of nitrogen functional groups attached to an aromatic ring is 1. The van der Waals surface area contributed by atoms with Gasteiger partial charge in [-0.15, -0.1) is 0 Å². The fourth-order valence-electron chi connectivity index (χ4n) is 8.18. The summed E-state index contributed by atoms with van der Waals surface area (Å²) in [5.74, 6) is -0.879. The molecule has 60 heavy (non-hydrogen) atoms. The molecule has 0 bridgehead atoms. The zero-order chi connectivity index (χ0) is 42.4. The summed E-state index contributed by atoms with van der Waals surface area (Å²) < 4.78 is 12.4. The largest absolute Gasteiger partial charge is 0.395 e. The predicted molar refractivity (Wildman–Crippen MR) is 222 cm³/mol. The molecule has 0 radical (unpaired) electrons. The number of anilines is 3. The van der Waals surface area contributed by atoms with E-state index in [9.17, 15) is 19.2 Å². The van der Waals surface area contributed by atoms with Crippen LogP contribution in [-0.4, -0.2) is 98.5 Å². The molecule has 20 nitrogen and oxygen atoms in total. The molecule has 2 fully saturated rings. The summed E-state index contributed by atoms with van der Waals surface area (Å²) >= 11 is 0. The number of benzene rings is 1. The number of nitrogens with two attached hydrogens (primary N) is 3. The number of hydrogen-bond acceptors (Lipinski definition) is 12. The van der Waals surface area contributed by atoms with Gasteiger partial charge in [0.2, 0.25) is 23.7 Å². The first-order chi connectivity index (χ1) is 28.8. The minimum absolute atomic E-state index is 0.153. The first-order valence-electron chi connectivity index (χ1n) is 19.8. The topological polar surface area (TPSA) is 267 Å². The quantitative estimate of drug-likeness (QED) is 0.0993. The van der Waals surface area contributed by atoms with E-state index in [0.29, 0.717) is 70.8 Å². The summed E-state index contributed by atoms with van der Waals surface area (Å²) in [6.45, 7) is 12.3. The van der Waals surface area contributed by atoms with Gasteiger partial charge in [0.15, 0.2) is 5.65 Å². The van der Waals surface area contributed by atoms with Crippen LogP contribution in [0.4, 0.5) is 17.6 Å². The summed E-state index contributed by atoms with van der Waals surface area (Å²) in [4.78, 5) is 68.4. The van der Waals surface area contributed by atoms with Crippen LogP contribution in [0.25, 0.3) is 22.2 Å². The summed E-state index contributed by atoms with van der Waals surface area (Å²) in [6, 6.07) is 6.67. The van der Waals surface area contributed by atoms with Crippen molar-refractivity contribution in [3.63, 3.8) is 0 Å². The Bertz CT molecular complexity index is 2710. The van der Waals surface area contributed by atoms with Gasteiger partial charge in [0.05, 0.1) is 46.9 Å². The third-order valence-electron chi connectivity index (χ3n) is 11.1. The Morgan fingerprint density at radius 3 is 2.13 bits per heavy atom. The molecule has 0 unspecified atom stereocenters. The molecule has 8 N–H and O–H groups in total. The van der Waals surface area contributed by atoms with Gasteiger partial charge in [0, 0.05) is 69.4 Å². The van der Waals surface area contributed by atoms with Crippen molar-refractivity contribution in [1.29, 1.82) is 0 Å². The number of likely N-dealkylation sites (tertiary alicyclic amines) is 1. The van der Waals surface area contributed by atoms with Crippen LogP contribution >= 0.6 is 0 Å². The number of imidazole rings is 2. The number of hydrogen-bond donors (Lipinski definition) is 5. The molecule has 312 valence electrons. The molecule has 4 amide bonds. The number of pyridine rings is 1. The van der Waals surface area contributed by atoms with E-state index in [1.54, 1.807) is 34.4 Å². The highest BCUT2D eigenvalue weighted by molar-refractivity contribution is 6.07. The third-order valence-corrected chi connectivity index (χ3v) is 11.1. The van der Waals surface area contributed by atoms with Crippen molar-refractivity contribution in [2.24, 2.45) is 23.3 Å². The number of rotatable bonds is 14. The van der Waals surface area contributed by atoms with E-state index in [1.807, 2.05) is 37.5 Å². The van der Waals surface area contributed by atoms with Crippen molar-refractivity contribution < 1.29 is 23.9 Å². The molecule has 2 atom stereocenters. The lowest BCUT2D eigenvalue weighted by Gasteiger charge is -2.19. The monoisotopic (exact) mass is 817 g/mol. The highest BCUT2D eigenvalue weighted by Gasteiger charge is 2.37. The van der Waals surface area contributed by atoms with Crippen LogP contribution in [0, 0.1) is 25.7 Å². The lowest BCUT2D eigenvalue weighted by Crippen LogP contribution is -2.23. The summed E-state index contributed by atoms with van der Waals surface area (Å²) in [5, 5.41) is 14.7. The Morgan fingerprint density at radius 2 is 1.45 bits per heavy atom. The minimum Gasteiger partial charge on any atom is -0.395 e. The maximum Gasteiger partial charge on any atom is 0.278 e. The number of aryl methyl sites for hydroxylation is 4. The van der Waals surface area contributed by atoms with Gasteiger partial charge in [-0.2, -0.15) is 10.2 Å². The van der Waals surface area contributed by atoms with Gasteiger partial charge in [-0.25, -0.2) is 15.0 Å². The number of carbonyl (C=O) groups is 4. The minimum atomic E-state index is -0.673. The highest BCUT2D eigenvalue weighted by Crippen LogP contribution is 2.33. The molecule has 20 heteroatoms. The van der Waals surface area contributed by atoms with Gasteiger partial charge in [-0.3, -0.25) is 48.6 Å². The second-order valence-corrected chi connectivity index (χ2v) is 15.2. The van der Waals surface area contributed by atoms with Crippen molar-refractivity contribution in [2.75, 3.05) is 42.7 Å². The zero-order valence-corrected chi connectivity index (χ0v) is 33.8. The number of carbonyl (C=O) groups excluding carboxylic acids is 4. The molecular weight excluding hydrogens is 771 g/mol. The number of nitrogens with one attached hydrogen (secondary N) is 2. The SMILES string of the molecule is CCn1nc(C)cc1C(=O)Nc1nc2cc(C(N)=O)cc(CN3C[C@H]4COC[C@H]4C3)c2n1C/C=C/Cn1c(NC(=O)c2c(N)c(C)nn2CC)nc2cc(C(N)=O)cnc21. The van der Waals surface area contributed by atoms with Crippen LogP contribution in [-0.2, 0) is 37.5 Å². The lowest BCUT2D eigenvalue weighted by molar-refractivity contribution is 0.0991. The van der Waals surface area contributed by atoms with Gasteiger partial charge in [-0.05, 0) is 57.5 Å². The number of ether oxygens (including phenoxy) is 1. The number of amides is 4. The van der Waals surface area contributed by atoms with Gasteiger partial charge < -0.3 is 26.5 Å². The number of allylic oxidation sites excluding steroid dienone is 2. The maximum absolute atomic E-state index is 13.8. The molecule has 8 rings (SSSR count). The first-order valence-corrected chi connectivity index (χ1v) is 19.8. The molecule has 7 heterocycles. The van der Waals surface area contributed by atoms with E-state index in [1.165, 1.54) is 16.9 Å². The second-order valence-electron chi connectivity index (χ2n) is 15.2. The molecule has 2 saturated heterocycles. The normalized spacial score (nSPS) is 16.7. The smallest absolute Gasteiger partial charge is 0.278 e. The molecular formula is C40H47N15O5. The average molecular weight is 818 g/mol. The number of aromatic nitrogens is 9. The van der Waals surface area contributed by atoms with E-state index in [4.69, 9.17) is 26.9 Å². The van der Waals surface area contributed by atoms with Crippen molar-refractivity contribution in [1.82, 2.24) is 48.5 Å². The number of fused-ring (bicyclic) bond motifs is 3. The fourth-order valence-corrected chi connectivity index (χ4v) is 8.18. The van der Waals surface area contributed by atoms with Crippen molar-refractivity contribution >= 4 is 63.4 Å². The van der Waals surface area contributed by atoms with Crippen molar-refractivity contribution in [2.45, 2.75) is 60.4 Å². The summed E-state index contributed by atoms with van der Waals surface area (Å²) in [7, 11) is 0. The average Bonchev–Trinajstić information content (AvgIpc) is 4.06. The molecule has 0 spiro atoms. The molecule has 0 saturated carbocycles. The Labute approximate surface area is 343 Å². The fraction of sp³-hybridized carbons (Fsp3) is 0.375. The molecule has 2 aliphatic rings. The molecule has 5 aromatic heterocycles. The van der Waals surface area contributed by atoms with Crippen LogP contribution in [0.3, 0.4) is 0 Å². The number of nitrogens with zero attached hydrogens (tertiary/aromatic N) is 10. The highest BCUT2D eigenvalue weighted by atomic mass is 16.5. The van der Waals surface area contributed by atoms with Crippen molar-refractivity contribution in [3.05, 3.63) is 82.1 Å². The zero-order valence-electron chi connectivity index (χ0n) is 33.8. The molecule has 1 aromatic carbocycles. The van der Waals surface area contributed by atoms with Gasteiger partial charge in [-0.1, -0.05) is 12.2 Å². The van der Waals surface area contributed by atoms with Crippen LogP contribution in [0.15, 0.2) is 42.6 Å². The van der Waals surface area contributed by atoms with Crippen LogP contribution in [0.5, 0.6) is 0 Å². The number of primary amides is 2. The van der Waals surface area contributed by atoms with Gasteiger partial charge in [0.25, 0.3) is 11.8 Å². The van der Waals surface area contributed by atoms with Gasteiger partial charge in [0.1, 0.15) is 16.9 Å². The predicted octanol–water partition coefficient (Wildman–Crippen LogP) is 2.45. The van der Waals surface area contributed by atoms with E-state index in [2.05, 4.69) is 35.7 Å². The lowest BCUT2D eigenvalue weighted by atomic mass is 10.0. The third kappa shape index (κ3) is 7.45. The molecule has 0 aliphatic carbocycles. The Hall–Kier alpha value is -6.93. The van der Waals surface area contributed by atoms with Crippen LogP contribution < -0.4 is 27.8 Å². The van der Waals surface area contributed by atoms with Crippen molar-refractivity contribution in [3.8, 4) is 0 Å². The molecule has 6 aromatic rings. The molecule has 2 aliphatic heterocycles. The van der Waals surface area contributed by atoms with Crippen LogP contribution in [0.1, 0.15) is 72.5 Å². The van der Waals surface area contributed by atoms with E-state index in [-0.39, 0.29) is 41.9 Å². The first kappa shape index (κ1) is 39.9. The standard InChI is InChI=1S/C40H47N15O5/c1-5-54-30(11-21(3)49-54)37(58)47-39-45-28-13-23(34(42)56)12-25(16-51-17-26-19-60-20-27(26)18-51)32(28)52(39)9-7-8-10-53-36-29(14-24(15-44-36)35(43)57)46-40(53)48-38(59)33-31(41)22(4)50-55(33)6-2/h7-8,11-15,26-27H,5-6,9-10,16-20,41H2,1-4H3,(H2,42,56)(H2,43,57)(H,45,47,58)(H,46,48,59)/b8-7+/t26-,27+. The van der Waals surface area contributed by atoms with Crippen LogP contribution in [0.2, 0.25) is 0 Å². The second kappa shape index (κ2) is 16.0. The maximum atomic E-state index is 13.8. The summed E-state index contributed by atoms with van der Waals surface area (Å²) in [6.07, 6.45) is 5.11. The Morgan fingerprint density at radius 1 is 0.817 bits per heavy atom. The van der Waals surface area contributed by atoms with E-state index in [0.717, 1.165) is 37.4 Å². The summed E-state index contributed by atoms with van der Waals surface area (Å²) in [5.41, 5.74) is 22.9. The Kier molecular flexibility index (Phi) is 10.6.